The average molecular weight is 330 g/mol. The number of hydrogen-bond donors (Lipinski definition) is 0. The van der Waals surface area contributed by atoms with E-state index in [4.69, 9.17) is 4.74 Å². The van der Waals surface area contributed by atoms with Crippen molar-refractivity contribution in [2.75, 3.05) is 6.61 Å². The van der Waals surface area contributed by atoms with Crippen molar-refractivity contribution in [1.82, 2.24) is 0 Å². The van der Waals surface area contributed by atoms with Gasteiger partial charge in [0.1, 0.15) is 0 Å². The second kappa shape index (κ2) is 9.26. The number of aryl methyl sites for hydroxylation is 1. The average Bonchev–Trinajstić information content (AvgIpc) is 3.04. The molecule has 0 aliphatic heterocycles. The third-order valence-corrected chi connectivity index (χ3v) is 4.67. The van der Waals surface area contributed by atoms with E-state index in [0.717, 1.165) is 36.1 Å². The fourth-order valence-corrected chi connectivity index (χ4v) is 3.36. The lowest BCUT2D eigenvalue weighted by Crippen LogP contribution is -2.03. The number of hydrogen-bond acceptors (Lipinski definition) is 4. The first-order chi connectivity index (χ1) is 11.2. The van der Waals surface area contributed by atoms with Crippen LogP contribution in [0.2, 0.25) is 0 Å². The van der Waals surface area contributed by atoms with Gasteiger partial charge in [0.15, 0.2) is 0 Å². The van der Waals surface area contributed by atoms with E-state index < -0.39 is 0 Å². The van der Waals surface area contributed by atoms with E-state index in [1.807, 2.05) is 49.4 Å². The topological polar surface area (TPSA) is 43.4 Å². The van der Waals surface area contributed by atoms with Crippen molar-refractivity contribution in [3.63, 3.8) is 0 Å². The van der Waals surface area contributed by atoms with Crippen LogP contribution in [0.15, 0.2) is 42.5 Å². The minimum absolute atomic E-state index is 0.0872. The molecular formula is C19H22O3S. The van der Waals surface area contributed by atoms with Crippen LogP contribution in [0.3, 0.4) is 0 Å². The highest BCUT2D eigenvalue weighted by Crippen LogP contribution is 2.22. The van der Waals surface area contributed by atoms with Crippen LogP contribution in [-0.4, -0.2) is 18.4 Å². The Balaban J connectivity index is 1.75. The Hall–Kier alpha value is -1.94. The summed E-state index contributed by atoms with van der Waals surface area (Å²) in [5.41, 5.74) is 0.732. The number of esters is 1. The van der Waals surface area contributed by atoms with Crippen molar-refractivity contribution in [3.8, 4) is 0 Å². The van der Waals surface area contributed by atoms with Gasteiger partial charge in [0.05, 0.1) is 11.5 Å². The van der Waals surface area contributed by atoms with E-state index in [2.05, 4.69) is 0 Å². The molecule has 0 bridgehead atoms. The first-order valence-corrected chi connectivity index (χ1v) is 8.86. The van der Waals surface area contributed by atoms with Gasteiger partial charge in [-0.15, -0.1) is 11.3 Å². The van der Waals surface area contributed by atoms with Crippen LogP contribution in [0.4, 0.5) is 0 Å². The van der Waals surface area contributed by atoms with Crippen molar-refractivity contribution in [1.29, 1.82) is 0 Å². The Morgan fingerprint density at radius 3 is 2.52 bits per heavy atom. The number of ether oxygens (including phenoxy) is 1. The lowest BCUT2D eigenvalue weighted by molar-refractivity contribution is -0.143. The molecule has 0 aliphatic carbocycles. The van der Waals surface area contributed by atoms with E-state index in [1.165, 1.54) is 4.88 Å². The van der Waals surface area contributed by atoms with E-state index >= 15 is 0 Å². The second-order valence-corrected chi connectivity index (χ2v) is 6.50. The lowest BCUT2D eigenvalue weighted by Gasteiger charge is -2.01. The minimum Gasteiger partial charge on any atom is -0.466 e. The number of ketones is 1. The summed E-state index contributed by atoms with van der Waals surface area (Å²) in [5, 5.41) is 0. The third-order valence-electron chi connectivity index (χ3n) is 3.53. The molecule has 0 aliphatic rings. The highest BCUT2D eigenvalue weighted by molar-refractivity contribution is 7.14. The van der Waals surface area contributed by atoms with E-state index in [1.54, 1.807) is 11.3 Å². The van der Waals surface area contributed by atoms with Crippen LogP contribution < -0.4 is 0 Å². The lowest BCUT2D eigenvalue weighted by atomic mass is 10.1. The van der Waals surface area contributed by atoms with Crippen LogP contribution >= 0.6 is 11.3 Å². The smallest absolute Gasteiger partial charge is 0.305 e. The molecule has 0 atom stereocenters. The molecular weight excluding hydrogens is 308 g/mol. The second-order valence-electron chi connectivity index (χ2n) is 5.33. The number of carbonyl (C=O) groups excluding carboxylic acids is 2. The number of thiophene rings is 1. The zero-order chi connectivity index (χ0) is 16.5. The quantitative estimate of drug-likeness (QED) is 0.382. The van der Waals surface area contributed by atoms with E-state index in [0.29, 0.717) is 13.0 Å². The van der Waals surface area contributed by atoms with Crippen LogP contribution in [0.25, 0.3) is 0 Å². The fourth-order valence-electron chi connectivity index (χ4n) is 2.34. The maximum atomic E-state index is 12.3. The fraction of sp³-hybridized carbons (Fsp3) is 0.368. The van der Waals surface area contributed by atoms with Gasteiger partial charge in [-0.05, 0) is 38.3 Å². The molecule has 0 fully saturated rings. The number of benzene rings is 1. The van der Waals surface area contributed by atoms with E-state index in [-0.39, 0.29) is 11.8 Å². The van der Waals surface area contributed by atoms with Crippen LogP contribution in [0, 0.1) is 0 Å². The summed E-state index contributed by atoms with van der Waals surface area (Å²) in [6.07, 6.45) is 4.34. The highest BCUT2D eigenvalue weighted by atomic mass is 32.1. The molecule has 4 heteroatoms. The Kier molecular flexibility index (Phi) is 7.01. The van der Waals surface area contributed by atoms with Crippen molar-refractivity contribution >= 4 is 23.1 Å². The Labute approximate surface area is 141 Å². The zero-order valence-electron chi connectivity index (χ0n) is 13.4. The largest absolute Gasteiger partial charge is 0.466 e. The molecule has 122 valence electrons. The standard InChI is InChI=1S/C19H22O3S/c1-2-22-18(20)12-8-4-7-11-16-13-14-17(23-16)19(21)15-9-5-3-6-10-15/h3,5-6,9-10,13-14H,2,4,7-8,11-12H2,1H3. The van der Waals surface area contributed by atoms with Gasteiger partial charge in [-0.2, -0.15) is 0 Å². The summed E-state index contributed by atoms with van der Waals surface area (Å²) in [6, 6.07) is 13.3. The van der Waals surface area contributed by atoms with E-state index in [9.17, 15) is 9.59 Å². The molecule has 0 N–H and O–H groups in total. The SMILES string of the molecule is CCOC(=O)CCCCCc1ccc(C(=O)c2ccccc2)s1. The van der Waals surface area contributed by atoms with Crippen molar-refractivity contribution in [2.45, 2.75) is 39.0 Å². The first-order valence-electron chi connectivity index (χ1n) is 8.04. The summed E-state index contributed by atoms with van der Waals surface area (Å²) in [7, 11) is 0. The number of unbranched alkanes of at least 4 members (excludes halogenated alkanes) is 2. The minimum atomic E-state index is -0.112. The monoisotopic (exact) mass is 330 g/mol. The molecule has 23 heavy (non-hydrogen) atoms. The van der Waals surface area contributed by atoms with Crippen LogP contribution in [0.5, 0.6) is 0 Å². The van der Waals surface area contributed by atoms with Gasteiger partial charge in [-0.3, -0.25) is 9.59 Å². The van der Waals surface area contributed by atoms with Gasteiger partial charge < -0.3 is 4.74 Å². The maximum Gasteiger partial charge on any atom is 0.305 e. The van der Waals surface area contributed by atoms with Crippen molar-refractivity contribution in [2.24, 2.45) is 0 Å². The molecule has 2 rings (SSSR count). The Morgan fingerprint density at radius 2 is 1.78 bits per heavy atom. The first kappa shape index (κ1) is 17.4. The molecule has 0 saturated heterocycles. The summed E-state index contributed by atoms with van der Waals surface area (Å²) in [5.74, 6) is -0.0245. The number of carbonyl (C=O) groups is 2. The van der Waals surface area contributed by atoms with Crippen LogP contribution in [0.1, 0.15) is 52.7 Å². The number of rotatable bonds is 9. The van der Waals surface area contributed by atoms with Crippen molar-refractivity contribution in [3.05, 3.63) is 57.8 Å². The normalized spacial score (nSPS) is 10.5. The molecule has 1 heterocycles. The summed E-state index contributed by atoms with van der Waals surface area (Å²) in [4.78, 5) is 25.6. The molecule has 1 aromatic heterocycles. The predicted octanol–water partition coefficient (Wildman–Crippen LogP) is 4.65. The summed E-state index contributed by atoms with van der Waals surface area (Å²) < 4.78 is 4.90. The Morgan fingerprint density at radius 1 is 1.00 bits per heavy atom. The molecule has 0 amide bonds. The van der Waals surface area contributed by atoms with Crippen molar-refractivity contribution < 1.29 is 14.3 Å². The summed E-state index contributed by atoms with van der Waals surface area (Å²) >= 11 is 1.57. The van der Waals surface area contributed by atoms with Gasteiger partial charge in [0.25, 0.3) is 0 Å². The highest BCUT2D eigenvalue weighted by Gasteiger charge is 2.11. The Bertz CT molecular complexity index is 631. The molecule has 2 aromatic rings. The molecule has 1 aromatic carbocycles. The maximum absolute atomic E-state index is 12.3. The van der Waals surface area contributed by atoms with Gasteiger partial charge in [-0.25, -0.2) is 0 Å². The predicted molar refractivity (Wildman–Crippen MR) is 93.0 cm³/mol. The molecule has 3 nitrogen and oxygen atoms in total. The van der Waals surface area contributed by atoms with Gasteiger partial charge in [0, 0.05) is 16.9 Å². The van der Waals surface area contributed by atoms with Gasteiger partial charge in [0.2, 0.25) is 5.78 Å². The molecule has 0 radical (unpaired) electrons. The third kappa shape index (κ3) is 5.64. The zero-order valence-corrected chi connectivity index (χ0v) is 14.2. The molecule has 0 saturated carbocycles. The van der Waals surface area contributed by atoms with Crippen LogP contribution in [-0.2, 0) is 16.0 Å². The van der Waals surface area contributed by atoms with Gasteiger partial charge in [-0.1, -0.05) is 36.8 Å². The molecule has 0 unspecified atom stereocenters. The molecule has 0 spiro atoms. The van der Waals surface area contributed by atoms with Gasteiger partial charge >= 0.3 is 5.97 Å². The summed E-state index contributed by atoms with van der Waals surface area (Å²) in [6.45, 7) is 2.27.